The topological polar surface area (TPSA) is 24.9 Å². The maximum absolute atomic E-state index is 4.49. The van der Waals surface area contributed by atoms with Crippen LogP contribution in [0.25, 0.3) is 0 Å². The van der Waals surface area contributed by atoms with Crippen LogP contribution in [0, 0.1) is 6.92 Å². The van der Waals surface area contributed by atoms with E-state index in [1.165, 1.54) is 15.6 Å². The number of rotatable bonds is 4. The van der Waals surface area contributed by atoms with E-state index in [4.69, 9.17) is 0 Å². The van der Waals surface area contributed by atoms with Gasteiger partial charge < -0.3 is 5.32 Å². The molecule has 1 rings (SSSR count). The van der Waals surface area contributed by atoms with E-state index in [0.29, 0.717) is 6.04 Å². The van der Waals surface area contributed by atoms with Gasteiger partial charge in [-0.3, -0.25) is 0 Å². The van der Waals surface area contributed by atoms with E-state index in [0.717, 1.165) is 13.0 Å². The smallest absolute Gasteiger partial charge is 0.0900 e. The average Bonchev–Trinajstić information content (AvgIpc) is 2.42. The maximum atomic E-state index is 4.49. The third-order valence-electron chi connectivity index (χ3n) is 1.89. The molecule has 3 heteroatoms. The third-order valence-corrected chi connectivity index (χ3v) is 2.90. The fourth-order valence-electron chi connectivity index (χ4n) is 1.22. The van der Waals surface area contributed by atoms with E-state index in [1.807, 2.05) is 11.3 Å². The summed E-state index contributed by atoms with van der Waals surface area (Å²) in [6, 6.07) is 0.548. The van der Waals surface area contributed by atoms with Gasteiger partial charge in [-0.2, -0.15) is 0 Å². The number of aromatic nitrogens is 1. The summed E-state index contributed by atoms with van der Waals surface area (Å²) in [4.78, 5) is 5.88. The van der Waals surface area contributed by atoms with Gasteiger partial charge in [-0.25, -0.2) is 4.98 Å². The number of hydrogen-bond donors (Lipinski definition) is 1. The van der Waals surface area contributed by atoms with Crippen molar-refractivity contribution in [2.45, 2.75) is 46.7 Å². The highest BCUT2D eigenvalue weighted by Gasteiger charge is 2.06. The molecule has 0 saturated carbocycles. The second-order valence-corrected chi connectivity index (χ2v) is 4.78. The van der Waals surface area contributed by atoms with E-state index in [2.05, 4.69) is 38.0 Å². The minimum atomic E-state index is 0.548. The van der Waals surface area contributed by atoms with Crippen LogP contribution in [-0.4, -0.2) is 11.0 Å². The summed E-state index contributed by atoms with van der Waals surface area (Å²) >= 11 is 1.81. The Balaban J connectivity index is 2.64. The van der Waals surface area contributed by atoms with Crippen LogP contribution in [-0.2, 0) is 13.0 Å². The van der Waals surface area contributed by atoms with E-state index in [-0.39, 0.29) is 0 Å². The molecule has 0 fully saturated rings. The molecule has 13 heavy (non-hydrogen) atoms. The molecule has 0 amide bonds. The van der Waals surface area contributed by atoms with E-state index in [9.17, 15) is 0 Å². The first-order valence-corrected chi connectivity index (χ1v) is 5.63. The number of hydrogen-bond acceptors (Lipinski definition) is 3. The first kappa shape index (κ1) is 10.7. The second-order valence-electron chi connectivity index (χ2n) is 3.49. The van der Waals surface area contributed by atoms with Crippen molar-refractivity contribution in [3.63, 3.8) is 0 Å². The lowest BCUT2D eigenvalue weighted by Crippen LogP contribution is -2.21. The van der Waals surface area contributed by atoms with Crippen LogP contribution < -0.4 is 5.32 Å². The van der Waals surface area contributed by atoms with Gasteiger partial charge in [-0.05, 0) is 13.3 Å². The van der Waals surface area contributed by atoms with Crippen molar-refractivity contribution in [3.8, 4) is 0 Å². The predicted molar refractivity (Wildman–Crippen MR) is 58.2 cm³/mol. The van der Waals surface area contributed by atoms with Gasteiger partial charge in [0, 0.05) is 17.5 Å². The molecule has 1 heterocycles. The number of thiazole rings is 1. The molecule has 0 saturated heterocycles. The normalized spacial score (nSPS) is 11.2. The Hall–Kier alpha value is -0.410. The Morgan fingerprint density at radius 2 is 2.15 bits per heavy atom. The molecule has 1 N–H and O–H groups in total. The Bertz CT molecular complexity index is 266. The summed E-state index contributed by atoms with van der Waals surface area (Å²) in [5, 5.41) is 4.60. The van der Waals surface area contributed by atoms with Crippen LogP contribution in [0.5, 0.6) is 0 Å². The highest BCUT2D eigenvalue weighted by atomic mass is 32.1. The summed E-state index contributed by atoms with van der Waals surface area (Å²) in [6.07, 6.45) is 1.04. The van der Waals surface area contributed by atoms with Crippen molar-refractivity contribution < 1.29 is 0 Å². The maximum Gasteiger partial charge on any atom is 0.0900 e. The molecule has 0 spiro atoms. The molecule has 1 aromatic heterocycles. The number of nitrogens with zero attached hydrogens (tertiary/aromatic N) is 1. The van der Waals surface area contributed by atoms with Crippen molar-refractivity contribution in [1.29, 1.82) is 0 Å². The Kier molecular flexibility index (Phi) is 3.88. The first-order chi connectivity index (χ1) is 6.13. The average molecular weight is 198 g/mol. The fourth-order valence-corrected chi connectivity index (χ4v) is 2.20. The molecule has 0 aliphatic carbocycles. The summed E-state index contributed by atoms with van der Waals surface area (Å²) in [5.74, 6) is 0. The molecule has 0 bridgehead atoms. The molecule has 0 radical (unpaired) electrons. The fraction of sp³-hybridized carbons (Fsp3) is 0.700. The molecule has 1 aromatic rings. The van der Waals surface area contributed by atoms with Crippen LogP contribution in [0.15, 0.2) is 0 Å². The Morgan fingerprint density at radius 3 is 2.69 bits per heavy atom. The van der Waals surface area contributed by atoms with Gasteiger partial charge in [0.1, 0.15) is 0 Å². The zero-order chi connectivity index (χ0) is 9.84. The van der Waals surface area contributed by atoms with Crippen LogP contribution in [0.2, 0.25) is 0 Å². The third kappa shape index (κ3) is 3.08. The van der Waals surface area contributed by atoms with E-state index in [1.54, 1.807) is 0 Å². The Morgan fingerprint density at radius 1 is 1.46 bits per heavy atom. The van der Waals surface area contributed by atoms with Gasteiger partial charge >= 0.3 is 0 Å². The van der Waals surface area contributed by atoms with Crippen molar-refractivity contribution in [2.24, 2.45) is 0 Å². The molecule has 0 aliphatic heterocycles. The number of aryl methyl sites for hydroxylation is 2. The second kappa shape index (κ2) is 4.72. The van der Waals surface area contributed by atoms with Gasteiger partial charge in [0.15, 0.2) is 0 Å². The van der Waals surface area contributed by atoms with Crippen LogP contribution in [0.1, 0.15) is 36.3 Å². The van der Waals surface area contributed by atoms with Gasteiger partial charge in [0.2, 0.25) is 0 Å². The van der Waals surface area contributed by atoms with Gasteiger partial charge in [-0.1, -0.05) is 20.8 Å². The molecule has 0 atom stereocenters. The van der Waals surface area contributed by atoms with Crippen molar-refractivity contribution in [1.82, 2.24) is 10.3 Å². The lowest BCUT2D eigenvalue weighted by atomic mass is 10.3. The highest BCUT2D eigenvalue weighted by Crippen LogP contribution is 2.18. The van der Waals surface area contributed by atoms with Crippen LogP contribution in [0.4, 0.5) is 0 Å². The lowest BCUT2D eigenvalue weighted by molar-refractivity contribution is 0.590. The standard InChI is InChI=1S/C10H18N2S/c1-5-9-10(6-11-7(2)3)13-8(4)12-9/h7,11H,5-6H2,1-4H3. The van der Waals surface area contributed by atoms with Crippen molar-refractivity contribution >= 4 is 11.3 Å². The summed E-state index contributed by atoms with van der Waals surface area (Å²) in [6.45, 7) is 9.53. The van der Waals surface area contributed by atoms with Crippen molar-refractivity contribution in [2.75, 3.05) is 0 Å². The molecule has 0 unspecified atom stereocenters. The molecule has 2 nitrogen and oxygen atoms in total. The minimum absolute atomic E-state index is 0.548. The predicted octanol–water partition coefficient (Wildman–Crippen LogP) is 2.51. The first-order valence-electron chi connectivity index (χ1n) is 4.82. The molecule has 0 aliphatic rings. The van der Waals surface area contributed by atoms with Crippen LogP contribution >= 0.6 is 11.3 Å². The van der Waals surface area contributed by atoms with Gasteiger partial charge in [0.05, 0.1) is 10.7 Å². The number of nitrogens with one attached hydrogen (secondary N) is 1. The molecular weight excluding hydrogens is 180 g/mol. The monoisotopic (exact) mass is 198 g/mol. The van der Waals surface area contributed by atoms with E-state index < -0.39 is 0 Å². The van der Waals surface area contributed by atoms with Crippen molar-refractivity contribution in [3.05, 3.63) is 15.6 Å². The summed E-state index contributed by atoms with van der Waals surface area (Å²) in [7, 11) is 0. The molecule has 0 aromatic carbocycles. The molecule has 74 valence electrons. The summed E-state index contributed by atoms with van der Waals surface area (Å²) < 4.78 is 0. The van der Waals surface area contributed by atoms with E-state index >= 15 is 0 Å². The zero-order valence-electron chi connectivity index (χ0n) is 8.85. The van der Waals surface area contributed by atoms with Gasteiger partial charge in [0.25, 0.3) is 0 Å². The largest absolute Gasteiger partial charge is 0.310 e. The minimum Gasteiger partial charge on any atom is -0.310 e. The SMILES string of the molecule is CCc1nc(C)sc1CNC(C)C. The van der Waals surface area contributed by atoms with Gasteiger partial charge in [-0.15, -0.1) is 11.3 Å². The zero-order valence-corrected chi connectivity index (χ0v) is 9.66. The van der Waals surface area contributed by atoms with Crippen LogP contribution in [0.3, 0.4) is 0 Å². The quantitative estimate of drug-likeness (QED) is 0.804. The summed E-state index contributed by atoms with van der Waals surface area (Å²) in [5.41, 5.74) is 1.26. The Labute approximate surface area is 84.4 Å². The highest BCUT2D eigenvalue weighted by molar-refractivity contribution is 7.11. The molecular formula is C10H18N2S. The lowest BCUT2D eigenvalue weighted by Gasteiger charge is -2.06.